The van der Waals surface area contributed by atoms with Gasteiger partial charge in [-0.1, -0.05) is 48.5 Å². The second-order valence-corrected chi connectivity index (χ2v) is 7.67. The van der Waals surface area contributed by atoms with E-state index in [1.165, 1.54) is 0 Å². The van der Waals surface area contributed by atoms with Gasteiger partial charge in [0.15, 0.2) is 0 Å². The Hall–Kier alpha value is -2.73. The van der Waals surface area contributed by atoms with Crippen LogP contribution in [0.2, 0.25) is 0 Å². The van der Waals surface area contributed by atoms with Crippen LogP contribution in [0.15, 0.2) is 54.6 Å². The molecule has 1 amide bonds. The molecule has 3 rings (SSSR count). The van der Waals surface area contributed by atoms with Gasteiger partial charge < -0.3 is 0 Å². The van der Waals surface area contributed by atoms with Crippen LogP contribution >= 0.6 is 0 Å². The van der Waals surface area contributed by atoms with Crippen molar-refractivity contribution in [1.29, 1.82) is 0 Å². The molecule has 0 unspecified atom stereocenters. The van der Waals surface area contributed by atoms with Crippen LogP contribution in [0, 0.1) is 6.92 Å². The zero-order valence-corrected chi connectivity index (χ0v) is 14.8. The molecule has 0 aliphatic heterocycles. The Kier molecular flexibility index (Phi) is 4.55. The van der Waals surface area contributed by atoms with Crippen LogP contribution in [0.5, 0.6) is 0 Å². The Morgan fingerprint density at radius 2 is 1.68 bits per heavy atom. The van der Waals surface area contributed by atoms with Crippen molar-refractivity contribution < 1.29 is 13.2 Å². The number of sulfonamides is 1. The van der Waals surface area contributed by atoms with Gasteiger partial charge in [0.2, 0.25) is 15.9 Å². The predicted molar refractivity (Wildman–Crippen MR) is 98.6 cm³/mol. The molecule has 1 heterocycles. The number of para-hydroxylation sites is 1. The Morgan fingerprint density at radius 3 is 2.36 bits per heavy atom. The Balaban J connectivity index is 2.17. The molecule has 128 valence electrons. The molecule has 6 heteroatoms. The second-order valence-electron chi connectivity index (χ2n) is 5.92. The fraction of sp³-hybridized carbons (Fsp3) is 0.158. The van der Waals surface area contributed by atoms with E-state index in [-0.39, 0.29) is 6.42 Å². The number of amides is 1. The molecule has 1 N–H and O–H groups in total. The Bertz CT molecular complexity index is 1040. The van der Waals surface area contributed by atoms with E-state index in [0.29, 0.717) is 5.69 Å². The average Bonchev–Trinajstić information content (AvgIpc) is 2.56. The van der Waals surface area contributed by atoms with Crippen molar-refractivity contribution in [3.05, 3.63) is 65.7 Å². The van der Waals surface area contributed by atoms with Gasteiger partial charge in [-0.3, -0.25) is 9.52 Å². The highest BCUT2D eigenvalue weighted by Gasteiger charge is 2.18. The SMILES string of the molecule is Cc1c(CC(=O)NS(C)(=O)=O)c(-c2ccccc2)nc2ccccc12. The van der Waals surface area contributed by atoms with Crippen LogP contribution in [0.25, 0.3) is 22.2 Å². The number of hydrogen-bond acceptors (Lipinski definition) is 4. The van der Waals surface area contributed by atoms with Crippen LogP contribution in [0.1, 0.15) is 11.1 Å². The maximum atomic E-state index is 12.2. The van der Waals surface area contributed by atoms with Gasteiger partial charge in [-0.2, -0.15) is 0 Å². The highest BCUT2D eigenvalue weighted by Crippen LogP contribution is 2.30. The fourth-order valence-electron chi connectivity index (χ4n) is 2.87. The summed E-state index contributed by atoms with van der Waals surface area (Å²) in [5.41, 5.74) is 4.07. The zero-order valence-electron chi connectivity index (χ0n) is 14.0. The number of fused-ring (bicyclic) bond motifs is 1. The highest BCUT2D eigenvalue weighted by molar-refractivity contribution is 7.89. The number of nitrogens with one attached hydrogen (secondary N) is 1. The number of benzene rings is 2. The summed E-state index contributed by atoms with van der Waals surface area (Å²) >= 11 is 0. The van der Waals surface area contributed by atoms with Gasteiger partial charge in [0.25, 0.3) is 0 Å². The summed E-state index contributed by atoms with van der Waals surface area (Å²) in [6, 6.07) is 17.3. The summed E-state index contributed by atoms with van der Waals surface area (Å²) < 4.78 is 24.7. The lowest BCUT2D eigenvalue weighted by Crippen LogP contribution is -2.31. The number of carbonyl (C=O) groups is 1. The molecule has 0 aliphatic carbocycles. The number of hydrogen-bond donors (Lipinski definition) is 1. The van der Waals surface area contributed by atoms with E-state index in [4.69, 9.17) is 4.98 Å². The molecular formula is C19H18N2O3S. The molecule has 1 aromatic heterocycles. The lowest BCUT2D eigenvalue weighted by atomic mass is 9.95. The molecule has 0 saturated carbocycles. The molecule has 0 saturated heterocycles. The smallest absolute Gasteiger partial charge is 0.237 e. The van der Waals surface area contributed by atoms with Crippen LogP contribution < -0.4 is 4.72 Å². The van der Waals surface area contributed by atoms with Crippen molar-refractivity contribution in [3.63, 3.8) is 0 Å². The third-order valence-electron chi connectivity index (χ3n) is 3.96. The van der Waals surface area contributed by atoms with E-state index in [2.05, 4.69) is 0 Å². The molecule has 0 radical (unpaired) electrons. The normalized spacial score (nSPS) is 11.4. The topological polar surface area (TPSA) is 76.1 Å². The minimum atomic E-state index is -3.60. The van der Waals surface area contributed by atoms with E-state index in [1.54, 1.807) is 0 Å². The minimum Gasteiger partial charge on any atom is -0.274 e. The first kappa shape index (κ1) is 17.1. The third kappa shape index (κ3) is 3.85. The number of nitrogens with zero attached hydrogens (tertiary/aromatic N) is 1. The monoisotopic (exact) mass is 354 g/mol. The van der Waals surface area contributed by atoms with Gasteiger partial charge in [0.1, 0.15) is 0 Å². The van der Waals surface area contributed by atoms with Gasteiger partial charge in [-0.15, -0.1) is 0 Å². The van der Waals surface area contributed by atoms with Crippen molar-refractivity contribution in [1.82, 2.24) is 9.71 Å². The van der Waals surface area contributed by atoms with Gasteiger partial charge in [0, 0.05) is 10.9 Å². The maximum Gasteiger partial charge on any atom is 0.237 e. The maximum absolute atomic E-state index is 12.2. The molecule has 0 atom stereocenters. The molecule has 0 aliphatic rings. The van der Waals surface area contributed by atoms with Crippen molar-refractivity contribution in [2.75, 3.05) is 6.26 Å². The summed E-state index contributed by atoms with van der Waals surface area (Å²) in [6.07, 6.45) is 0.912. The van der Waals surface area contributed by atoms with E-state index in [0.717, 1.165) is 33.8 Å². The summed E-state index contributed by atoms with van der Waals surface area (Å²) in [4.78, 5) is 16.9. The highest BCUT2D eigenvalue weighted by atomic mass is 32.2. The number of carbonyl (C=O) groups excluding carboxylic acids is 1. The Labute approximate surface area is 146 Å². The lowest BCUT2D eigenvalue weighted by Gasteiger charge is -2.15. The van der Waals surface area contributed by atoms with E-state index >= 15 is 0 Å². The average molecular weight is 354 g/mol. The fourth-order valence-corrected chi connectivity index (χ4v) is 3.36. The summed E-state index contributed by atoms with van der Waals surface area (Å²) in [5, 5.41) is 0.948. The quantitative estimate of drug-likeness (QED) is 0.782. The lowest BCUT2D eigenvalue weighted by molar-refractivity contribution is -0.118. The van der Waals surface area contributed by atoms with Gasteiger partial charge >= 0.3 is 0 Å². The molecule has 5 nitrogen and oxygen atoms in total. The first-order valence-corrected chi connectivity index (χ1v) is 9.68. The van der Waals surface area contributed by atoms with Crippen LogP contribution in [-0.2, 0) is 21.2 Å². The zero-order chi connectivity index (χ0) is 18.0. The molecule has 0 spiro atoms. The summed E-state index contributed by atoms with van der Waals surface area (Å²) in [5.74, 6) is -0.570. The molecule has 0 bridgehead atoms. The summed E-state index contributed by atoms with van der Waals surface area (Å²) in [7, 11) is -3.60. The van der Waals surface area contributed by atoms with Crippen molar-refractivity contribution in [3.8, 4) is 11.3 Å². The van der Waals surface area contributed by atoms with Gasteiger partial charge in [-0.05, 0) is 24.1 Å². The standard InChI is InChI=1S/C19H18N2O3S/c1-13-15-10-6-7-11-17(15)20-19(14-8-4-3-5-9-14)16(13)12-18(22)21-25(2,23)24/h3-11H,12H2,1-2H3,(H,21,22). The number of aryl methyl sites for hydroxylation is 1. The first-order chi connectivity index (χ1) is 11.8. The van der Waals surface area contributed by atoms with Crippen LogP contribution in [0.4, 0.5) is 0 Å². The van der Waals surface area contributed by atoms with Gasteiger partial charge in [-0.25, -0.2) is 13.4 Å². The van der Waals surface area contributed by atoms with Crippen LogP contribution in [-0.4, -0.2) is 25.6 Å². The second kappa shape index (κ2) is 6.64. The Morgan fingerprint density at radius 1 is 1.04 bits per heavy atom. The molecule has 2 aromatic carbocycles. The van der Waals surface area contributed by atoms with Gasteiger partial charge in [0.05, 0.1) is 23.9 Å². The first-order valence-electron chi connectivity index (χ1n) is 7.79. The van der Waals surface area contributed by atoms with E-state index in [1.807, 2.05) is 66.2 Å². The summed E-state index contributed by atoms with van der Waals surface area (Å²) in [6.45, 7) is 1.93. The van der Waals surface area contributed by atoms with Crippen molar-refractivity contribution in [2.24, 2.45) is 0 Å². The van der Waals surface area contributed by atoms with E-state index in [9.17, 15) is 13.2 Å². The van der Waals surface area contributed by atoms with Crippen molar-refractivity contribution >= 4 is 26.8 Å². The molecule has 0 fully saturated rings. The molecular weight excluding hydrogens is 336 g/mol. The molecule has 25 heavy (non-hydrogen) atoms. The molecule has 3 aromatic rings. The minimum absolute atomic E-state index is 0.0546. The van der Waals surface area contributed by atoms with Crippen molar-refractivity contribution in [2.45, 2.75) is 13.3 Å². The predicted octanol–water partition coefficient (Wildman–Crippen LogP) is 2.83. The number of aromatic nitrogens is 1. The largest absolute Gasteiger partial charge is 0.274 e. The van der Waals surface area contributed by atoms with E-state index < -0.39 is 15.9 Å². The number of rotatable bonds is 4. The third-order valence-corrected chi connectivity index (χ3v) is 4.56. The number of pyridine rings is 1. The van der Waals surface area contributed by atoms with Crippen LogP contribution in [0.3, 0.4) is 0 Å².